The van der Waals surface area contributed by atoms with Gasteiger partial charge in [0.2, 0.25) is 10.0 Å². The number of anilines is 1. The zero-order chi connectivity index (χ0) is 21.6. The summed E-state index contributed by atoms with van der Waals surface area (Å²) in [4.78, 5) is 12.6. The number of rotatable bonds is 9. The normalized spacial score (nSPS) is 12.8. The fourth-order valence-electron chi connectivity index (χ4n) is 3.29. The topological polar surface area (TPSA) is 91.9 Å². The minimum atomic E-state index is -3.58. The van der Waals surface area contributed by atoms with Crippen LogP contribution >= 0.6 is 0 Å². The highest BCUT2D eigenvalue weighted by molar-refractivity contribution is 7.89. The molecule has 158 valence electrons. The van der Waals surface area contributed by atoms with Crippen molar-refractivity contribution in [3.8, 4) is 0 Å². The lowest BCUT2D eigenvalue weighted by molar-refractivity contribution is -0.692. The zero-order valence-electron chi connectivity index (χ0n) is 17.8. The van der Waals surface area contributed by atoms with E-state index in [0.717, 1.165) is 6.42 Å². The Bertz CT molecular complexity index is 938. The highest BCUT2D eigenvalue weighted by Crippen LogP contribution is 2.20. The molecule has 4 N–H and O–H groups in total. The lowest BCUT2D eigenvalue weighted by Crippen LogP contribution is -2.88. The Hall–Kier alpha value is -2.22. The summed E-state index contributed by atoms with van der Waals surface area (Å²) < 4.78 is 26.6. The van der Waals surface area contributed by atoms with Crippen molar-refractivity contribution in [2.24, 2.45) is 5.92 Å². The average Bonchev–Trinajstić information content (AvgIpc) is 2.69. The summed E-state index contributed by atoms with van der Waals surface area (Å²) in [7, 11) is -2.21. The SMILES string of the molecule is CCc1ccc([C@H]([NH2+]CC(=O)Nc2ccc(C)c(S(=O)(=O)NC)c2)C(C)C)cc1. The molecule has 0 saturated carbocycles. The van der Waals surface area contributed by atoms with E-state index in [-0.39, 0.29) is 23.4 Å². The van der Waals surface area contributed by atoms with Crippen LogP contribution in [0.3, 0.4) is 0 Å². The lowest BCUT2D eigenvalue weighted by atomic mass is 9.95. The van der Waals surface area contributed by atoms with Crippen LogP contribution in [-0.2, 0) is 21.2 Å². The van der Waals surface area contributed by atoms with Gasteiger partial charge < -0.3 is 10.6 Å². The average molecular weight is 419 g/mol. The van der Waals surface area contributed by atoms with E-state index in [1.165, 1.54) is 24.2 Å². The van der Waals surface area contributed by atoms with E-state index < -0.39 is 10.0 Å². The van der Waals surface area contributed by atoms with E-state index in [1.807, 2.05) is 5.32 Å². The van der Waals surface area contributed by atoms with Gasteiger partial charge in [0.1, 0.15) is 6.04 Å². The van der Waals surface area contributed by atoms with Crippen molar-refractivity contribution in [2.45, 2.75) is 45.1 Å². The number of carbonyl (C=O) groups excluding carboxylic acids is 1. The van der Waals surface area contributed by atoms with Gasteiger partial charge in [0.25, 0.3) is 5.91 Å². The molecule has 0 heterocycles. The first-order valence-corrected chi connectivity index (χ1v) is 11.4. The molecule has 1 amide bonds. The Morgan fingerprint density at radius 3 is 2.31 bits per heavy atom. The molecule has 0 aliphatic carbocycles. The fraction of sp³-hybridized carbons (Fsp3) is 0.409. The predicted molar refractivity (Wildman–Crippen MR) is 116 cm³/mol. The Balaban J connectivity index is 2.07. The van der Waals surface area contributed by atoms with Crippen molar-refractivity contribution in [1.29, 1.82) is 0 Å². The molecular weight excluding hydrogens is 386 g/mol. The number of aryl methyl sites for hydroxylation is 2. The Morgan fingerprint density at radius 2 is 1.76 bits per heavy atom. The predicted octanol–water partition coefficient (Wildman–Crippen LogP) is 2.36. The second kappa shape index (κ2) is 10.0. The quantitative estimate of drug-likeness (QED) is 0.584. The van der Waals surface area contributed by atoms with E-state index in [9.17, 15) is 13.2 Å². The molecule has 2 aromatic carbocycles. The number of sulfonamides is 1. The largest absolute Gasteiger partial charge is 0.332 e. The van der Waals surface area contributed by atoms with Gasteiger partial charge in [0, 0.05) is 17.2 Å². The van der Waals surface area contributed by atoms with Gasteiger partial charge in [-0.05, 0) is 43.7 Å². The summed E-state index contributed by atoms with van der Waals surface area (Å²) >= 11 is 0. The van der Waals surface area contributed by atoms with Gasteiger partial charge in [-0.15, -0.1) is 0 Å². The summed E-state index contributed by atoms with van der Waals surface area (Å²) in [5.74, 6) is 0.194. The maximum atomic E-state index is 12.5. The van der Waals surface area contributed by atoms with Crippen LogP contribution in [0, 0.1) is 12.8 Å². The van der Waals surface area contributed by atoms with Gasteiger partial charge in [0.15, 0.2) is 6.54 Å². The van der Waals surface area contributed by atoms with Crippen molar-refractivity contribution in [3.05, 3.63) is 59.2 Å². The van der Waals surface area contributed by atoms with Crippen LogP contribution in [0.15, 0.2) is 47.4 Å². The van der Waals surface area contributed by atoms with Crippen molar-refractivity contribution in [1.82, 2.24) is 4.72 Å². The first kappa shape index (κ1) is 23.1. The molecule has 6 nitrogen and oxygen atoms in total. The molecule has 0 radical (unpaired) electrons. The highest BCUT2D eigenvalue weighted by Gasteiger charge is 2.21. The molecule has 0 bridgehead atoms. The molecule has 1 atom stereocenters. The van der Waals surface area contributed by atoms with Crippen molar-refractivity contribution >= 4 is 21.6 Å². The van der Waals surface area contributed by atoms with E-state index in [4.69, 9.17) is 0 Å². The van der Waals surface area contributed by atoms with Gasteiger partial charge in [-0.1, -0.05) is 51.1 Å². The maximum absolute atomic E-state index is 12.5. The maximum Gasteiger partial charge on any atom is 0.279 e. The van der Waals surface area contributed by atoms with Crippen LogP contribution < -0.4 is 15.4 Å². The molecule has 0 unspecified atom stereocenters. The van der Waals surface area contributed by atoms with E-state index in [2.05, 4.69) is 55.1 Å². The summed E-state index contributed by atoms with van der Waals surface area (Å²) in [6.45, 7) is 8.38. The van der Waals surface area contributed by atoms with Crippen LogP contribution in [-0.4, -0.2) is 27.9 Å². The summed E-state index contributed by atoms with van der Waals surface area (Å²) in [6, 6.07) is 13.6. The standard InChI is InChI=1S/C22H31N3O3S/c1-6-17-8-10-18(11-9-17)22(15(2)3)24-14-21(26)25-19-12-7-16(4)20(13-19)29(27,28)23-5/h7-13,15,22-24H,6,14H2,1-5H3,(H,25,26)/p+1/t22-/m1/s1. The van der Waals surface area contributed by atoms with Crippen molar-refractivity contribution in [3.63, 3.8) is 0 Å². The minimum absolute atomic E-state index is 0.165. The smallest absolute Gasteiger partial charge is 0.279 e. The molecule has 0 aliphatic heterocycles. The van der Waals surface area contributed by atoms with Gasteiger partial charge in [-0.25, -0.2) is 13.1 Å². The minimum Gasteiger partial charge on any atom is -0.332 e. The Labute approximate surface area is 174 Å². The molecule has 0 aromatic heterocycles. The van der Waals surface area contributed by atoms with Gasteiger partial charge >= 0.3 is 0 Å². The molecule has 0 aliphatic rings. The first-order valence-electron chi connectivity index (χ1n) is 9.94. The van der Waals surface area contributed by atoms with Crippen LogP contribution in [0.4, 0.5) is 5.69 Å². The molecule has 0 spiro atoms. The third-order valence-corrected chi connectivity index (χ3v) is 6.63. The Morgan fingerprint density at radius 1 is 1.10 bits per heavy atom. The zero-order valence-corrected chi connectivity index (χ0v) is 18.6. The van der Waals surface area contributed by atoms with E-state index >= 15 is 0 Å². The summed E-state index contributed by atoms with van der Waals surface area (Å²) in [6.07, 6.45) is 1.00. The third-order valence-electron chi connectivity index (χ3n) is 5.08. The third kappa shape index (κ3) is 6.13. The fourth-order valence-corrected chi connectivity index (χ4v) is 4.29. The number of carbonyl (C=O) groups is 1. The number of quaternary nitrogens is 1. The second-order valence-electron chi connectivity index (χ2n) is 7.54. The van der Waals surface area contributed by atoms with Gasteiger partial charge in [-0.3, -0.25) is 4.79 Å². The molecule has 0 saturated heterocycles. The molecular formula is C22H32N3O3S+. The number of nitrogens with one attached hydrogen (secondary N) is 2. The number of amides is 1. The number of hydrogen-bond donors (Lipinski definition) is 3. The molecule has 2 aromatic rings. The van der Waals surface area contributed by atoms with Crippen LogP contribution in [0.2, 0.25) is 0 Å². The monoisotopic (exact) mass is 418 g/mol. The Kier molecular flexibility index (Phi) is 7.96. The second-order valence-corrected chi connectivity index (χ2v) is 9.40. The van der Waals surface area contributed by atoms with Gasteiger partial charge in [0.05, 0.1) is 4.90 Å². The number of hydrogen-bond acceptors (Lipinski definition) is 3. The van der Waals surface area contributed by atoms with E-state index in [0.29, 0.717) is 17.2 Å². The first-order chi connectivity index (χ1) is 13.7. The molecule has 7 heteroatoms. The van der Waals surface area contributed by atoms with Crippen molar-refractivity contribution in [2.75, 3.05) is 18.9 Å². The van der Waals surface area contributed by atoms with Crippen LogP contribution in [0.25, 0.3) is 0 Å². The van der Waals surface area contributed by atoms with Crippen molar-refractivity contribution < 1.29 is 18.5 Å². The highest BCUT2D eigenvalue weighted by atomic mass is 32.2. The number of nitrogens with two attached hydrogens (primary N) is 1. The molecule has 0 fully saturated rings. The molecule has 2 rings (SSSR count). The van der Waals surface area contributed by atoms with Crippen LogP contribution in [0.5, 0.6) is 0 Å². The lowest BCUT2D eigenvalue weighted by Gasteiger charge is -2.20. The summed E-state index contributed by atoms with van der Waals surface area (Å²) in [5, 5.41) is 4.84. The molecule has 29 heavy (non-hydrogen) atoms. The van der Waals surface area contributed by atoms with Crippen LogP contribution in [0.1, 0.15) is 43.5 Å². The summed E-state index contributed by atoms with van der Waals surface area (Å²) in [5.41, 5.74) is 3.58. The van der Waals surface area contributed by atoms with Gasteiger partial charge in [-0.2, -0.15) is 0 Å². The van der Waals surface area contributed by atoms with E-state index in [1.54, 1.807) is 19.1 Å². The number of benzene rings is 2.